The number of aryl methyl sites for hydroxylation is 1. The highest BCUT2D eigenvalue weighted by atomic mass is 16.3. The van der Waals surface area contributed by atoms with Crippen LogP contribution in [0, 0.1) is 12.8 Å². The largest absolute Gasteiger partial charge is 0.464 e. The number of rotatable bonds is 5. The van der Waals surface area contributed by atoms with Gasteiger partial charge in [-0.3, -0.25) is 9.69 Å². The van der Waals surface area contributed by atoms with Crippen LogP contribution in [0.15, 0.2) is 16.5 Å². The van der Waals surface area contributed by atoms with Gasteiger partial charge in [0, 0.05) is 13.6 Å². The van der Waals surface area contributed by atoms with Crippen molar-refractivity contribution >= 4 is 5.91 Å². The molecule has 0 aromatic carbocycles. The van der Waals surface area contributed by atoms with Crippen molar-refractivity contribution in [3.8, 4) is 0 Å². The van der Waals surface area contributed by atoms with Crippen LogP contribution in [0.1, 0.15) is 24.4 Å². The van der Waals surface area contributed by atoms with E-state index in [1.54, 1.807) is 4.90 Å². The minimum Gasteiger partial charge on any atom is -0.464 e. The van der Waals surface area contributed by atoms with Crippen molar-refractivity contribution in [3.05, 3.63) is 23.7 Å². The fourth-order valence-corrected chi connectivity index (χ4v) is 2.69. The van der Waals surface area contributed by atoms with Crippen LogP contribution in [-0.2, 0) is 11.3 Å². The number of piperidine rings is 1. The van der Waals surface area contributed by atoms with Crippen molar-refractivity contribution in [1.29, 1.82) is 0 Å². The normalized spacial score (nSPS) is 20.1. The van der Waals surface area contributed by atoms with Gasteiger partial charge in [-0.25, -0.2) is 0 Å². The number of likely N-dealkylation sites (N-methyl/N-ethyl adjacent to an activating group) is 1. The second kappa shape index (κ2) is 6.90. The van der Waals surface area contributed by atoms with E-state index in [0.29, 0.717) is 25.6 Å². The molecule has 112 valence electrons. The number of carbonyl (C=O) groups is 1. The van der Waals surface area contributed by atoms with Gasteiger partial charge in [0.1, 0.15) is 11.5 Å². The molecule has 0 saturated carbocycles. The Morgan fingerprint density at radius 3 is 3.00 bits per heavy atom. The predicted octanol–water partition coefficient (Wildman–Crippen LogP) is 1.22. The smallest absolute Gasteiger partial charge is 0.236 e. The van der Waals surface area contributed by atoms with Crippen molar-refractivity contribution in [2.75, 3.05) is 33.2 Å². The Morgan fingerprint density at radius 1 is 1.55 bits per heavy atom. The maximum Gasteiger partial charge on any atom is 0.236 e. The summed E-state index contributed by atoms with van der Waals surface area (Å²) in [5.41, 5.74) is 5.73. The van der Waals surface area contributed by atoms with Crippen molar-refractivity contribution in [2.24, 2.45) is 11.7 Å². The Balaban J connectivity index is 1.81. The summed E-state index contributed by atoms with van der Waals surface area (Å²) < 4.78 is 5.50. The Kier molecular flexibility index (Phi) is 5.20. The SMILES string of the molecule is Cc1ccc(CN(C)C(=O)CN2CCCC(CN)C2)o1. The molecule has 0 spiro atoms. The number of amides is 1. The van der Waals surface area contributed by atoms with E-state index < -0.39 is 0 Å². The van der Waals surface area contributed by atoms with Gasteiger partial charge >= 0.3 is 0 Å². The number of hydrogen-bond donors (Lipinski definition) is 1. The van der Waals surface area contributed by atoms with Gasteiger partial charge < -0.3 is 15.1 Å². The molecule has 0 radical (unpaired) electrons. The monoisotopic (exact) mass is 279 g/mol. The van der Waals surface area contributed by atoms with Crippen molar-refractivity contribution in [3.63, 3.8) is 0 Å². The van der Waals surface area contributed by atoms with Crippen LogP contribution in [0.3, 0.4) is 0 Å². The maximum absolute atomic E-state index is 12.2. The third-order valence-electron chi connectivity index (χ3n) is 3.91. The summed E-state index contributed by atoms with van der Waals surface area (Å²) in [7, 11) is 1.82. The molecule has 0 bridgehead atoms. The lowest BCUT2D eigenvalue weighted by Crippen LogP contribution is -2.44. The molecule has 5 heteroatoms. The standard InChI is InChI=1S/C15H25N3O2/c1-12-5-6-14(20-12)10-17(2)15(19)11-18-7-3-4-13(8-16)9-18/h5-6,13H,3-4,7-11,16H2,1-2H3. The number of nitrogens with two attached hydrogens (primary N) is 1. The lowest BCUT2D eigenvalue weighted by molar-refractivity contribution is -0.132. The molecule has 0 aliphatic carbocycles. The summed E-state index contributed by atoms with van der Waals surface area (Å²) in [6, 6.07) is 3.84. The molecule has 2 N–H and O–H groups in total. The summed E-state index contributed by atoms with van der Waals surface area (Å²) >= 11 is 0. The topological polar surface area (TPSA) is 62.7 Å². The third kappa shape index (κ3) is 4.08. The summed E-state index contributed by atoms with van der Waals surface area (Å²) in [5.74, 6) is 2.38. The fourth-order valence-electron chi connectivity index (χ4n) is 2.69. The second-order valence-electron chi connectivity index (χ2n) is 5.74. The van der Waals surface area contributed by atoms with Gasteiger partial charge in [0.25, 0.3) is 0 Å². The number of furan rings is 1. The fraction of sp³-hybridized carbons (Fsp3) is 0.667. The quantitative estimate of drug-likeness (QED) is 0.880. The van der Waals surface area contributed by atoms with E-state index >= 15 is 0 Å². The van der Waals surface area contributed by atoms with Crippen molar-refractivity contribution in [1.82, 2.24) is 9.80 Å². The first-order chi connectivity index (χ1) is 9.58. The molecule has 1 aliphatic rings. The van der Waals surface area contributed by atoms with E-state index in [9.17, 15) is 4.79 Å². The lowest BCUT2D eigenvalue weighted by Gasteiger charge is -2.32. The van der Waals surface area contributed by atoms with Crippen LogP contribution >= 0.6 is 0 Å². The number of carbonyl (C=O) groups excluding carboxylic acids is 1. The van der Waals surface area contributed by atoms with Crippen molar-refractivity contribution in [2.45, 2.75) is 26.3 Å². The Bertz CT molecular complexity index is 444. The van der Waals surface area contributed by atoms with Gasteiger partial charge in [-0.15, -0.1) is 0 Å². The Labute approximate surface area is 120 Å². The van der Waals surface area contributed by atoms with Crippen LogP contribution in [0.2, 0.25) is 0 Å². The average molecular weight is 279 g/mol. The average Bonchev–Trinajstić information content (AvgIpc) is 2.84. The van der Waals surface area contributed by atoms with E-state index in [-0.39, 0.29) is 5.91 Å². The molecular formula is C15H25N3O2. The molecule has 1 amide bonds. The van der Waals surface area contributed by atoms with Gasteiger partial charge in [-0.2, -0.15) is 0 Å². The molecule has 1 atom stereocenters. The first-order valence-corrected chi connectivity index (χ1v) is 7.30. The molecule has 1 aromatic rings. The van der Waals surface area contributed by atoms with E-state index in [1.807, 2.05) is 26.1 Å². The summed E-state index contributed by atoms with van der Waals surface area (Å²) in [5, 5.41) is 0. The molecule has 1 unspecified atom stereocenters. The van der Waals surface area contributed by atoms with Gasteiger partial charge in [0.15, 0.2) is 0 Å². The molecule has 1 fully saturated rings. The van der Waals surface area contributed by atoms with E-state index in [4.69, 9.17) is 10.2 Å². The van der Waals surface area contributed by atoms with Crippen LogP contribution in [0.4, 0.5) is 0 Å². The van der Waals surface area contributed by atoms with E-state index in [2.05, 4.69) is 4.90 Å². The third-order valence-corrected chi connectivity index (χ3v) is 3.91. The molecule has 2 rings (SSSR count). The van der Waals surface area contributed by atoms with Gasteiger partial charge in [-0.1, -0.05) is 0 Å². The minimum absolute atomic E-state index is 0.136. The highest BCUT2D eigenvalue weighted by molar-refractivity contribution is 5.77. The summed E-state index contributed by atoms with van der Waals surface area (Å²) in [6.07, 6.45) is 2.32. The highest BCUT2D eigenvalue weighted by Gasteiger charge is 2.22. The number of likely N-dealkylation sites (tertiary alicyclic amines) is 1. The van der Waals surface area contributed by atoms with Gasteiger partial charge in [-0.05, 0) is 50.9 Å². The Hall–Kier alpha value is -1.33. The van der Waals surface area contributed by atoms with Crippen LogP contribution in [0.5, 0.6) is 0 Å². The van der Waals surface area contributed by atoms with E-state index in [0.717, 1.165) is 31.0 Å². The molecule has 20 heavy (non-hydrogen) atoms. The van der Waals surface area contributed by atoms with Crippen LogP contribution in [-0.4, -0.2) is 48.9 Å². The van der Waals surface area contributed by atoms with Crippen molar-refractivity contribution < 1.29 is 9.21 Å². The molecule has 2 heterocycles. The minimum atomic E-state index is 0.136. The first kappa shape index (κ1) is 15.1. The van der Waals surface area contributed by atoms with E-state index in [1.165, 1.54) is 6.42 Å². The summed E-state index contributed by atoms with van der Waals surface area (Å²) in [6.45, 7) is 5.57. The zero-order valence-corrected chi connectivity index (χ0v) is 12.5. The first-order valence-electron chi connectivity index (χ1n) is 7.30. The van der Waals surface area contributed by atoms with Gasteiger partial charge in [0.05, 0.1) is 13.1 Å². The Morgan fingerprint density at radius 2 is 2.35 bits per heavy atom. The molecule has 1 aliphatic heterocycles. The number of hydrogen-bond acceptors (Lipinski definition) is 4. The molecule has 1 saturated heterocycles. The van der Waals surface area contributed by atoms with Crippen LogP contribution in [0.25, 0.3) is 0 Å². The number of nitrogens with zero attached hydrogens (tertiary/aromatic N) is 2. The molecular weight excluding hydrogens is 254 g/mol. The highest BCUT2D eigenvalue weighted by Crippen LogP contribution is 2.15. The molecule has 5 nitrogen and oxygen atoms in total. The second-order valence-corrected chi connectivity index (χ2v) is 5.74. The van der Waals surface area contributed by atoms with Gasteiger partial charge in [0.2, 0.25) is 5.91 Å². The lowest BCUT2D eigenvalue weighted by atomic mass is 9.98. The predicted molar refractivity (Wildman–Crippen MR) is 78.1 cm³/mol. The zero-order chi connectivity index (χ0) is 14.5. The maximum atomic E-state index is 12.2. The zero-order valence-electron chi connectivity index (χ0n) is 12.5. The summed E-state index contributed by atoms with van der Waals surface area (Å²) in [4.78, 5) is 16.2. The van der Waals surface area contributed by atoms with Crippen LogP contribution < -0.4 is 5.73 Å². The molecule has 1 aromatic heterocycles.